The molecule has 0 aliphatic rings. The van der Waals surface area contributed by atoms with Crippen molar-refractivity contribution in [1.29, 1.82) is 0 Å². The molecule has 10 aromatic rings. The van der Waals surface area contributed by atoms with Crippen molar-refractivity contribution in [2.45, 2.75) is 0 Å². The van der Waals surface area contributed by atoms with E-state index in [1.807, 2.05) is 30.3 Å². The maximum Gasteiger partial charge on any atom is 0.164 e. The Hall–Kier alpha value is -7.17. The molecule has 0 fully saturated rings. The summed E-state index contributed by atoms with van der Waals surface area (Å²) in [7, 11) is 0. The third-order valence-electron chi connectivity index (χ3n) is 9.92. The summed E-state index contributed by atoms with van der Waals surface area (Å²) in [4.78, 5) is 15.7. The zero-order valence-corrected chi connectivity index (χ0v) is 28.6. The molecule has 4 heteroatoms. The Morgan fingerprint density at radius 2 is 0.736 bits per heavy atom. The van der Waals surface area contributed by atoms with Gasteiger partial charge < -0.3 is 4.42 Å². The van der Waals surface area contributed by atoms with Crippen molar-refractivity contribution >= 4 is 32.7 Å². The second-order valence-electron chi connectivity index (χ2n) is 13.2. The smallest absolute Gasteiger partial charge is 0.164 e. The predicted octanol–water partition coefficient (Wildman–Crippen LogP) is 12.9. The van der Waals surface area contributed by atoms with E-state index in [2.05, 4.69) is 158 Å². The number of rotatable bonds is 6. The average Bonchev–Trinajstić information content (AvgIpc) is 3.63. The highest BCUT2D eigenvalue weighted by Gasteiger charge is 2.20. The van der Waals surface area contributed by atoms with E-state index in [0.29, 0.717) is 17.5 Å². The Labute approximate surface area is 306 Å². The molecule has 0 N–H and O–H groups in total. The fourth-order valence-corrected chi connectivity index (χ4v) is 7.28. The Bertz CT molecular complexity index is 2830. The first-order valence-electron chi connectivity index (χ1n) is 17.8. The van der Waals surface area contributed by atoms with Crippen LogP contribution in [0.15, 0.2) is 192 Å². The lowest BCUT2D eigenvalue weighted by molar-refractivity contribution is 0.672. The van der Waals surface area contributed by atoms with Crippen molar-refractivity contribution in [1.82, 2.24) is 15.0 Å². The van der Waals surface area contributed by atoms with Crippen LogP contribution in [-0.4, -0.2) is 15.0 Å². The van der Waals surface area contributed by atoms with Crippen molar-refractivity contribution in [3.63, 3.8) is 0 Å². The third-order valence-corrected chi connectivity index (χ3v) is 9.92. The summed E-state index contributed by atoms with van der Waals surface area (Å²) in [6.07, 6.45) is 0. The molecule has 0 atom stereocenters. The minimum Gasteiger partial charge on any atom is -0.455 e. The largest absolute Gasteiger partial charge is 0.455 e. The minimum absolute atomic E-state index is 0.602. The number of para-hydroxylation sites is 1. The number of hydrogen-bond acceptors (Lipinski definition) is 4. The van der Waals surface area contributed by atoms with E-state index in [1.165, 1.54) is 0 Å². The highest BCUT2D eigenvalue weighted by molar-refractivity contribution is 6.19. The van der Waals surface area contributed by atoms with Crippen LogP contribution in [0, 0.1) is 0 Å². The SMILES string of the molecule is c1ccc(-c2cccc(-c3nc(-c4cccc(-c5ccccc5)c4)nc(-c4cc5c6ccccc6oc5c5cc(-c6ccccc6)ccc45)n3)c2)cc1. The summed E-state index contributed by atoms with van der Waals surface area (Å²) in [6, 6.07) is 65.1. The first-order valence-corrected chi connectivity index (χ1v) is 17.8. The van der Waals surface area contributed by atoms with Gasteiger partial charge in [0, 0.05) is 32.8 Å². The van der Waals surface area contributed by atoms with Gasteiger partial charge in [0.15, 0.2) is 17.5 Å². The van der Waals surface area contributed by atoms with Gasteiger partial charge >= 0.3 is 0 Å². The molecule has 0 unspecified atom stereocenters. The van der Waals surface area contributed by atoms with E-state index < -0.39 is 0 Å². The van der Waals surface area contributed by atoms with Crippen molar-refractivity contribution in [2.24, 2.45) is 0 Å². The summed E-state index contributed by atoms with van der Waals surface area (Å²) >= 11 is 0. The van der Waals surface area contributed by atoms with E-state index >= 15 is 0 Å². The molecule has 8 aromatic carbocycles. The van der Waals surface area contributed by atoms with Crippen LogP contribution >= 0.6 is 0 Å². The van der Waals surface area contributed by atoms with E-state index in [1.54, 1.807) is 0 Å². The van der Waals surface area contributed by atoms with E-state index in [0.717, 1.165) is 82.8 Å². The van der Waals surface area contributed by atoms with Crippen LogP contribution in [0.25, 0.3) is 100 Å². The first-order chi connectivity index (χ1) is 26.2. The zero-order chi connectivity index (χ0) is 35.1. The molecule has 248 valence electrons. The van der Waals surface area contributed by atoms with Crippen LogP contribution in [0.4, 0.5) is 0 Å². The van der Waals surface area contributed by atoms with Crippen molar-refractivity contribution < 1.29 is 4.42 Å². The molecule has 0 radical (unpaired) electrons. The molecule has 10 rings (SSSR count). The van der Waals surface area contributed by atoms with Gasteiger partial charge in [-0.2, -0.15) is 0 Å². The quantitative estimate of drug-likeness (QED) is 0.176. The molecular weight excluding hydrogens is 647 g/mol. The van der Waals surface area contributed by atoms with E-state index in [4.69, 9.17) is 19.4 Å². The van der Waals surface area contributed by atoms with Crippen LogP contribution in [0.2, 0.25) is 0 Å². The van der Waals surface area contributed by atoms with Gasteiger partial charge in [0.05, 0.1) is 0 Å². The van der Waals surface area contributed by atoms with Gasteiger partial charge in [-0.25, -0.2) is 15.0 Å². The fraction of sp³-hybridized carbons (Fsp3) is 0. The Morgan fingerprint density at radius 1 is 0.283 bits per heavy atom. The summed E-state index contributed by atoms with van der Waals surface area (Å²) in [5.74, 6) is 1.82. The molecule has 0 bridgehead atoms. The third kappa shape index (κ3) is 5.63. The van der Waals surface area contributed by atoms with Gasteiger partial charge in [-0.15, -0.1) is 0 Å². The van der Waals surface area contributed by atoms with Gasteiger partial charge in [-0.05, 0) is 69.1 Å². The second kappa shape index (κ2) is 12.9. The molecule has 0 aliphatic heterocycles. The van der Waals surface area contributed by atoms with Crippen molar-refractivity contribution in [3.05, 3.63) is 188 Å². The van der Waals surface area contributed by atoms with Crippen molar-refractivity contribution in [2.75, 3.05) is 0 Å². The number of aromatic nitrogens is 3. The Kier molecular flexibility index (Phi) is 7.43. The monoisotopic (exact) mass is 677 g/mol. The lowest BCUT2D eigenvalue weighted by atomic mass is 9.95. The number of hydrogen-bond donors (Lipinski definition) is 0. The Morgan fingerprint density at radius 3 is 1.32 bits per heavy atom. The zero-order valence-electron chi connectivity index (χ0n) is 28.6. The van der Waals surface area contributed by atoms with Gasteiger partial charge in [0.2, 0.25) is 0 Å². The lowest BCUT2D eigenvalue weighted by Crippen LogP contribution is -2.01. The topological polar surface area (TPSA) is 51.8 Å². The number of benzene rings is 8. The molecule has 0 aliphatic carbocycles. The summed E-state index contributed by atoms with van der Waals surface area (Å²) in [6.45, 7) is 0. The van der Waals surface area contributed by atoms with Gasteiger partial charge in [-0.1, -0.05) is 158 Å². The normalized spacial score (nSPS) is 11.4. The molecule has 4 nitrogen and oxygen atoms in total. The van der Waals surface area contributed by atoms with Crippen LogP contribution in [0.5, 0.6) is 0 Å². The molecule has 2 aromatic heterocycles. The fourth-order valence-electron chi connectivity index (χ4n) is 7.28. The van der Waals surface area contributed by atoms with Gasteiger partial charge in [0.1, 0.15) is 11.2 Å². The molecule has 0 spiro atoms. The first kappa shape index (κ1) is 30.6. The number of furan rings is 1. The Balaban J connectivity index is 1.24. The van der Waals surface area contributed by atoms with Crippen LogP contribution < -0.4 is 0 Å². The highest BCUT2D eigenvalue weighted by atomic mass is 16.3. The summed E-state index contributed by atoms with van der Waals surface area (Å²) < 4.78 is 6.59. The van der Waals surface area contributed by atoms with E-state index in [-0.39, 0.29) is 0 Å². The lowest BCUT2D eigenvalue weighted by Gasteiger charge is -2.13. The standard InChI is InChI=1S/C49H31N3O/c1-4-14-32(15-5-1)35-20-12-22-38(28-35)47-50-48(39-23-13-21-36(29-39)33-16-6-2-7-17-33)52-49(51-47)44-31-43-41-24-10-11-25-45(41)53-46(43)42-30-37(26-27-40(42)44)34-18-8-3-9-19-34/h1-31H. The average molecular weight is 678 g/mol. The number of nitrogens with zero attached hydrogens (tertiary/aromatic N) is 3. The second-order valence-corrected chi connectivity index (χ2v) is 13.2. The molecule has 53 heavy (non-hydrogen) atoms. The minimum atomic E-state index is 0.602. The van der Waals surface area contributed by atoms with Crippen LogP contribution in [-0.2, 0) is 0 Å². The summed E-state index contributed by atoms with van der Waals surface area (Å²) in [5.41, 5.74) is 11.2. The molecule has 0 amide bonds. The van der Waals surface area contributed by atoms with Gasteiger partial charge in [0.25, 0.3) is 0 Å². The molecular formula is C49H31N3O. The van der Waals surface area contributed by atoms with Crippen molar-refractivity contribution in [3.8, 4) is 67.5 Å². The van der Waals surface area contributed by atoms with Crippen LogP contribution in [0.3, 0.4) is 0 Å². The number of fused-ring (bicyclic) bond motifs is 5. The summed E-state index contributed by atoms with van der Waals surface area (Å²) in [5, 5.41) is 4.09. The predicted molar refractivity (Wildman–Crippen MR) is 217 cm³/mol. The van der Waals surface area contributed by atoms with E-state index in [9.17, 15) is 0 Å². The maximum absolute atomic E-state index is 6.59. The highest BCUT2D eigenvalue weighted by Crippen LogP contribution is 2.41. The molecule has 0 saturated heterocycles. The molecule has 2 heterocycles. The van der Waals surface area contributed by atoms with Crippen LogP contribution in [0.1, 0.15) is 0 Å². The maximum atomic E-state index is 6.59. The molecule has 0 saturated carbocycles. The van der Waals surface area contributed by atoms with Gasteiger partial charge in [-0.3, -0.25) is 0 Å².